The minimum Gasteiger partial charge on any atom is -0.478 e. The molecule has 1 rings (SSSR count). The summed E-state index contributed by atoms with van der Waals surface area (Å²) in [6.07, 6.45) is 3.84. The summed E-state index contributed by atoms with van der Waals surface area (Å²) >= 11 is 0. The minimum atomic E-state index is -0.924. The molecule has 0 unspecified atom stereocenters. The van der Waals surface area contributed by atoms with Crippen LogP contribution in [0.5, 0.6) is 0 Å². The lowest BCUT2D eigenvalue weighted by Gasteiger charge is -2.18. The molecule has 0 aliphatic rings. The molecule has 0 atom stereocenters. The normalized spacial score (nSPS) is 10.6. The summed E-state index contributed by atoms with van der Waals surface area (Å²) < 4.78 is 0. The van der Waals surface area contributed by atoms with Gasteiger partial charge in [-0.25, -0.2) is 4.79 Å². The van der Waals surface area contributed by atoms with E-state index in [2.05, 4.69) is 11.8 Å². The molecule has 3 heteroatoms. The van der Waals surface area contributed by atoms with E-state index in [1.807, 2.05) is 31.3 Å². The Kier molecular flexibility index (Phi) is 4.58. The SMILES string of the molecule is CCCN(C)c1ccc(/C=C/C(=O)O)cc1. The van der Waals surface area contributed by atoms with E-state index in [1.165, 1.54) is 0 Å². The first-order valence-corrected chi connectivity index (χ1v) is 5.35. The number of rotatable bonds is 5. The molecule has 0 saturated carbocycles. The van der Waals surface area contributed by atoms with Crippen molar-refractivity contribution >= 4 is 17.7 Å². The van der Waals surface area contributed by atoms with Crippen molar-refractivity contribution in [3.05, 3.63) is 35.9 Å². The number of benzene rings is 1. The van der Waals surface area contributed by atoms with Crippen LogP contribution in [0.3, 0.4) is 0 Å². The zero-order valence-electron chi connectivity index (χ0n) is 9.68. The van der Waals surface area contributed by atoms with E-state index in [4.69, 9.17) is 5.11 Å². The van der Waals surface area contributed by atoms with Crippen molar-refractivity contribution in [2.24, 2.45) is 0 Å². The average molecular weight is 219 g/mol. The number of carbonyl (C=O) groups is 1. The predicted molar refractivity (Wildman–Crippen MR) is 66.7 cm³/mol. The molecule has 0 aliphatic carbocycles. The van der Waals surface area contributed by atoms with E-state index in [-0.39, 0.29) is 0 Å². The highest BCUT2D eigenvalue weighted by Crippen LogP contribution is 2.14. The second-order valence-electron chi connectivity index (χ2n) is 3.68. The summed E-state index contributed by atoms with van der Waals surface area (Å²) in [5.74, 6) is -0.924. The van der Waals surface area contributed by atoms with Gasteiger partial charge in [0.05, 0.1) is 0 Å². The first-order chi connectivity index (χ1) is 7.63. The Labute approximate surface area is 96.0 Å². The van der Waals surface area contributed by atoms with Gasteiger partial charge < -0.3 is 10.0 Å². The summed E-state index contributed by atoms with van der Waals surface area (Å²) in [6.45, 7) is 3.16. The van der Waals surface area contributed by atoms with Crippen molar-refractivity contribution in [3.63, 3.8) is 0 Å². The molecule has 0 spiro atoms. The van der Waals surface area contributed by atoms with Crippen molar-refractivity contribution in [3.8, 4) is 0 Å². The highest BCUT2D eigenvalue weighted by molar-refractivity contribution is 5.85. The van der Waals surface area contributed by atoms with Gasteiger partial charge in [0.25, 0.3) is 0 Å². The van der Waals surface area contributed by atoms with Gasteiger partial charge in [0.15, 0.2) is 0 Å². The van der Waals surface area contributed by atoms with Crippen molar-refractivity contribution < 1.29 is 9.90 Å². The Hall–Kier alpha value is -1.77. The lowest BCUT2D eigenvalue weighted by Crippen LogP contribution is -2.17. The van der Waals surface area contributed by atoms with Crippen LogP contribution < -0.4 is 4.90 Å². The van der Waals surface area contributed by atoms with E-state index in [0.717, 1.165) is 30.3 Å². The summed E-state index contributed by atoms with van der Waals surface area (Å²) in [7, 11) is 2.05. The van der Waals surface area contributed by atoms with Gasteiger partial charge in [0.2, 0.25) is 0 Å². The van der Waals surface area contributed by atoms with Crippen LogP contribution in [0, 0.1) is 0 Å². The van der Waals surface area contributed by atoms with E-state index in [1.54, 1.807) is 6.08 Å². The first-order valence-electron chi connectivity index (χ1n) is 5.35. The van der Waals surface area contributed by atoms with Crippen LogP contribution in [0.1, 0.15) is 18.9 Å². The number of hydrogen-bond donors (Lipinski definition) is 1. The van der Waals surface area contributed by atoms with Crippen LogP contribution in [0.2, 0.25) is 0 Å². The van der Waals surface area contributed by atoms with E-state index in [0.29, 0.717) is 0 Å². The van der Waals surface area contributed by atoms with Gasteiger partial charge in [-0.05, 0) is 30.2 Å². The second-order valence-corrected chi connectivity index (χ2v) is 3.68. The molecule has 0 heterocycles. The quantitative estimate of drug-likeness (QED) is 0.774. The van der Waals surface area contributed by atoms with Crippen molar-refractivity contribution in [2.45, 2.75) is 13.3 Å². The lowest BCUT2D eigenvalue weighted by molar-refractivity contribution is -0.131. The largest absolute Gasteiger partial charge is 0.478 e. The highest BCUT2D eigenvalue weighted by Gasteiger charge is 1.98. The summed E-state index contributed by atoms with van der Waals surface area (Å²) in [5, 5.41) is 8.49. The van der Waals surface area contributed by atoms with Crippen LogP contribution in [0.4, 0.5) is 5.69 Å². The van der Waals surface area contributed by atoms with Gasteiger partial charge in [-0.3, -0.25) is 0 Å². The Morgan fingerprint density at radius 2 is 2.00 bits per heavy atom. The molecule has 0 radical (unpaired) electrons. The number of aliphatic carboxylic acids is 1. The van der Waals surface area contributed by atoms with E-state index in [9.17, 15) is 4.79 Å². The number of nitrogens with zero attached hydrogens (tertiary/aromatic N) is 1. The van der Waals surface area contributed by atoms with Crippen LogP contribution >= 0.6 is 0 Å². The Balaban J connectivity index is 2.71. The molecule has 0 aliphatic heterocycles. The summed E-state index contributed by atoms with van der Waals surface area (Å²) in [6, 6.07) is 7.83. The maximum Gasteiger partial charge on any atom is 0.328 e. The molecular weight excluding hydrogens is 202 g/mol. The fourth-order valence-electron chi connectivity index (χ4n) is 1.47. The number of carboxylic acid groups (broad SMARTS) is 1. The molecule has 0 amide bonds. The average Bonchev–Trinajstić information content (AvgIpc) is 2.27. The van der Waals surface area contributed by atoms with E-state index >= 15 is 0 Å². The van der Waals surface area contributed by atoms with Crippen molar-refractivity contribution in [1.82, 2.24) is 0 Å². The molecule has 1 aromatic carbocycles. The van der Waals surface area contributed by atoms with Crippen LogP contribution in [0.25, 0.3) is 6.08 Å². The number of anilines is 1. The molecule has 0 saturated heterocycles. The van der Waals surface area contributed by atoms with Gasteiger partial charge in [0, 0.05) is 25.4 Å². The zero-order valence-corrected chi connectivity index (χ0v) is 9.68. The number of hydrogen-bond acceptors (Lipinski definition) is 2. The monoisotopic (exact) mass is 219 g/mol. The van der Waals surface area contributed by atoms with Gasteiger partial charge in [0.1, 0.15) is 0 Å². The third-order valence-electron chi connectivity index (χ3n) is 2.31. The highest BCUT2D eigenvalue weighted by atomic mass is 16.4. The van der Waals surface area contributed by atoms with Crippen molar-refractivity contribution in [1.29, 1.82) is 0 Å². The fourth-order valence-corrected chi connectivity index (χ4v) is 1.47. The molecule has 1 N–H and O–H groups in total. The topological polar surface area (TPSA) is 40.5 Å². The molecule has 0 fully saturated rings. The third-order valence-corrected chi connectivity index (χ3v) is 2.31. The molecule has 0 aromatic heterocycles. The Morgan fingerprint density at radius 1 is 1.38 bits per heavy atom. The fraction of sp³-hybridized carbons (Fsp3) is 0.308. The summed E-state index contributed by atoms with van der Waals surface area (Å²) in [4.78, 5) is 12.5. The van der Waals surface area contributed by atoms with Crippen LogP contribution in [-0.4, -0.2) is 24.7 Å². The molecule has 86 valence electrons. The maximum atomic E-state index is 10.3. The molecule has 1 aromatic rings. The smallest absolute Gasteiger partial charge is 0.328 e. The maximum absolute atomic E-state index is 10.3. The van der Waals surface area contributed by atoms with Crippen LogP contribution in [-0.2, 0) is 4.79 Å². The van der Waals surface area contributed by atoms with Gasteiger partial charge in [-0.1, -0.05) is 19.1 Å². The minimum absolute atomic E-state index is 0.899. The van der Waals surface area contributed by atoms with Crippen LogP contribution in [0.15, 0.2) is 30.3 Å². The predicted octanol–water partition coefficient (Wildman–Crippen LogP) is 2.63. The lowest BCUT2D eigenvalue weighted by atomic mass is 10.2. The van der Waals surface area contributed by atoms with Gasteiger partial charge in [-0.15, -0.1) is 0 Å². The Bertz CT molecular complexity index is 368. The van der Waals surface area contributed by atoms with E-state index < -0.39 is 5.97 Å². The Morgan fingerprint density at radius 3 is 2.50 bits per heavy atom. The van der Waals surface area contributed by atoms with Gasteiger partial charge in [-0.2, -0.15) is 0 Å². The third kappa shape index (κ3) is 3.77. The summed E-state index contributed by atoms with van der Waals surface area (Å²) in [5.41, 5.74) is 2.05. The standard InChI is InChI=1S/C13H17NO2/c1-3-10-14(2)12-7-4-11(5-8-12)6-9-13(15)16/h4-9H,3,10H2,1-2H3,(H,15,16)/b9-6+. The first kappa shape index (κ1) is 12.3. The van der Waals surface area contributed by atoms with Crippen molar-refractivity contribution in [2.75, 3.05) is 18.5 Å². The molecule has 3 nitrogen and oxygen atoms in total. The number of carboxylic acids is 1. The zero-order chi connectivity index (χ0) is 12.0. The molecule has 0 bridgehead atoms. The second kappa shape index (κ2) is 5.95. The molecular formula is C13H17NO2. The van der Waals surface area contributed by atoms with Gasteiger partial charge >= 0.3 is 5.97 Å². The molecule has 16 heavy (non-hydrogen) atoms.